The van der Waals surface area contributed by atoms with Gasteiger partial charge >= 0.3 is 8.80 Å². The van der Waals surface area contributed by atoms with Crippen LogP contribution in [-0.4, -0.2) is 36.7 Å². The third-order valence-corrected chi connectivity index (χ3v) is 7.74. The molecule has 0 aliphatic carbocycles. The normalized spacial score (nSPS) is 12.9. The molecule has 0 saturated carbocycles. The molecule has 0 aromatic rings. The fourth-order valence-electron chi connectivity index (χ4n) is 1.95. The van der Waals surface area contributed by atoms with Gasteiger partial charge in [0.25, 0.3) is 0 Å². The van der Waals surface area contributed by atoms with Crippen molar-refractivity contribution in [2.24, 2.45) is 0 Å². The molecule has 0 saturated heterocycles. The third-order valence-electron chi connectivity index (χ3n) is 2.99. The molecule has 3 nitrogen and oxygen atoms in total. The average molecular weight is 321 g/mol. The molecule has 0 amide bonds. The molecule has 0 bridgehead atoms. The minimum atomic E-state index is -2.44. The molecule has 0 radical (unpaired) electrons. The molecule has 20 heavy (non-hydrogen) atoms. The standard InChI is InChI=1S/C15H36O3Si2/c1-7-11-16-20(17-12-8-2,18-13-9-3)15-10-14-19(4,5)6/h7-15H2,1-6H3. The van der Waals surface area contributed by atoms with Crippen LogP contribution < -0.4 is 0 Å². The summed E-state index contributed by atoms with van der Waals surface area (Å²) in [5, 5.41) is 0. The van der Waals surface area contributed by atoms with Crippen molar-refractivity contribution in [1.29, 1.82) is 0 Å². The molecule has 0 aliphatic heterocycles. The van der Waals surface area contributed by atoms with E-state index in [4.69, 9.17) is 13.3 Å². The van der Waals surface area contributed by atoms with Crippen molar-refractivity contribution in [3.8, 4) is 0 Å². The molecule has 0 fully saturated rings. The van der Waals surface area contributed by atoms with Crippen molar-refractivity contribution in [3.05, 3.63) is 0 Å². The molecule has 0 unspecified atom stereocenters. The second kappa shape index (κ2) is 11.0. The second-order valence-corrected chi connectivity index (χ2v) is 15.0. The molecular weight excluding hydrogens is 284 g/mol. The Hall–Kier alpha value is 0.314. The van der Waals surface area contributed by atoms with Crippen molar-refractivity contribution in [2.75, 3.05) is 19.8 Å². The minimum Gasteiger partial charge on any atom is -0.373 e. The highest BCUT2D eigenvalue weighted by Crippen LogP contribution is 2.23. The van der Waals surface area contributed by atoms with E-state index in [-0.39, 0.29) is 0 Å². The van der Waals surface area contributed by atoms with Gasteiger partial charge in [0.2, 0.25) is 0 Å². The van der Waals surface area contributed by atoms with Crippen molar-refractivity contribution in [2.45, 2.75) is 78.2 Å². The highest BCUT2D eigenvalue weighted by molar-refractivity contribution is 6.76. The van der Waals surface area contributed by atoms with E-state index in [1.54, 1.807) is 0 Å². The molecule has 0 heterocycles. The van der Waals surface area contributed by atoms with Crippen molar-refractivity contribution in [3.63, 3.8) is 0 Å². The van der Waals surface area contributed by atoms with Gasteiger partial charge in [-0.2, -0.15) is 0 Å². The molecule has 122 valence electrons. The van der Waals surface area contributed by atoms with E-state index in [1.165, 1.54) is 12.5 Å². The van der Waals surface area contributed by atoms with E-state index in [9.17, 15) is 0 Å². The summed E-state index contributed by atoms with van der Waals surface area (Å²) < 4.78 is 18.3. The number of hydrogen-bond acceptors (Lipinski definition) is 3. The summed E-state index contributed by atoms with van der Waals surface area (Å²) in [5.41, 5.74) is 0. The van der Waals surface area contributed by atoms with Gasteiger partial charge in [-0.3, -0.25) is 0 Å². The van der Waals surface area contributed by atoms with Crippen molar-refractivity contribution >= 4 is 16.9 Å². The second-order valence-electron chi connectivity index (χ2n) is 6.64. The quantitative estimate of drug-likeness (QED) is 0.450. The molecule has 0 aromatic carbocycles. The SMILES string of the molecule is CCCO[Si](CCC[Si](C)(C)C)(OCCC)OCCC. The molecule has 0 N–H and O–H groups in total. The van der Waals surface area contributed by atoms with Crippen LogP contribution in [0.15, 0.2) is 0 Å². The van der Waals surface area contributed by atoms with E-state index < -0.39 is 16.9 Å². The van der Waals surface area contributed by atoms with Crippen LogP contribution in [0.1, 0.15) is 46.5 Å². The zero-order valence-corrected chi connectivity index (χ0v) is 16.6. The van der Waals surface area contributed by atoms with Gasteiger partial charge in [0.1, 0.15) is 0 Å². The Morgan fingerprint density at radius 1 is 0.650 bits per heavy atom. The Morgan fingerprint density at radius 3 is 1.35 bits per heavy atom. The lowest BCUT2D eigenvalue weighted by Gasteiger charge is -2.30. The van der Waals surface area contributed by atoms with Crippen molar-refractivity contribution < 1.29 is 13.3 Å². The topological polar surface area (TPSA) is 27.7 Å². The fourth-order valence-corrected chi connectivity index (χ4v) is 6.38. The van der Waals surface area contributed by atoms with Gasteiger partial charge in [0.05, 0.1) is 0 Å². The Bertz CT molecular complexity index is 208. The van der Waals surface area contributed by atoms with Crippen LogP contribution >= 0.6 is 0 Å². The summed E-state index contributed by atoms with van der Waals surface area (Å²) in [6.07, 6.45) is 4.24. The van der Waals surface area contributed by atoms with Gasteiger partial charge in [-0.25, -0.2) is 0 Å². The summed E-state index contributed by atoms with van der Waals surface area (Å²) in [4.78, 5) is 0. The zero-order chi connectivity index (χ0) is 15.5. The first-order valence-corrected chi connectivity index (χ1v) is 13.9. The van der Waals surface area contributed by atoms with E-state index in [1.807, 2.05) is 0 Å². The minimum absolute atomic E-state index is 0.757. The highest BCUT2D eigenvalue weighted by Gasteiger charge is 2.40. The summed E-state index contributed by atoms with van der Waals surface area (Å²) in [6.45, 7) is 15.9. The molecule has 0 aromatic heterocycles. The predicted octanol–water partition coefficient (Wildman–Crippen LogP) is 4.93. The lowest BCUT2D eigenvalue weighted by Crippen LogP contribution is -2.46. The van der Waals surface area contributed by atoms with Crippen LogP contribution in [0.5, 0.6) is 0 Å². The fraction of sp³-hybridized carbons (Fsp3) is 1.00. The zero-order valence-electron chi connectivity index (χ0n) is 14.6. The van der Waals surface area contributed by atoms with Gasteiger partial charge in [0.15, 0.2) is 0 Å². The maximum Gasteiger partial charge on any atom is 0.500 e. The largest absolute Gasteiger partial charge is 0.500 e. The Balaban J connectivity index is 4.57. The van der Waals surface area contributed by atoms with E-state index in [2.05, 4.69) is 40.4 Å². The van der Waals surface area contributed by atoms with Gasteiger partial charge in [0, 0.05) is 33.9 Å². The maximum atomic E-state index is 6.11. The van der Waals surface area contributed by atoms with Crippen LogP contribution in [0.25, 0.3) is 0 Å². The van der Waals surface area contributed by atoms with Crippen molar-refractivity contribution in [1.82, 2.24) is 0 Å². The molecule has 0 atom stereocenters. The molecular formula is C15H36O3Si2. The first kappa shape index (κ1) is 20.3. The molecule has 5 heteroatoms. The monoisotopic (exact) mass is 320 g/mol. The third kappa shape index (κ3) is 10.1. The van der Waals surface area contributed by atoms with Gasteiger partial charge < -0.3 is 13.3 Å². The lowest BCUT2D eigenvalue weighted by atomic mass is 10.5. The highest BCUT2D eigenvalue weighted by atomic mass is 28.4. The van der Waals surface area contributed by atoms with Gasteiger partial charge in [-0.15, -0.1) is 0 Å². The number of rotatable bonds is 13. The van der Waals surface area contributed by atoms with E-state index in [0.717, 1.165) is 45.1 Å². The molecule has 0 spiro atoms. The first-order valence-electron chi connectivity index (χ1n) is 8.31. The van der Waals surface area contributed by atoms with Crippen LogP contribution in [0.4, 0.5) is 0 Å². The summed E-state index contributed by atoms with van der Waals surface area (Å²) >= 11 is 0. The van der Waals surface area contributed by atoms with E-state index >= 15 is 0 Å². The van der Waals surface area contributed by atoms with Gasteiger partial charge in [-0.1, -0.05) is 52.9 Å². The smallest absolute Gasteiger partial charge is 0.373 e. The van der Waals surface area contributed by atoms with Crippen LogP contribution in [0.2, 0.25) is 31.7 Å². The lowest BCUT2D eigenvalue weighted by molar-refractivity contribution is 0.0591. The molecule has 0 aliphatic rings. The maximum absolute atomic E-state index is 6.11. The molecule has 0 rings (SSSR count). The van der Waals surface area contributed by atoms with Gasteiger partial charge in [-0.05, 0) is 19.3 Å². The first-order chi connectivity index (χ1) is 9.39. The van der Waals surface area contributed by atoms with Crippen LogP contribution in [0, 0.1) is 0 Å². The predicted molar refractivity (Wildman–Crippen MR) is 92.1 cm³/mol. The van der Waals surface area contributed by atoms with Crippen LogP contribution in [-0.2, 0) is 13.3 Å². The summed E-state index contributed by atoms with van der Waals surface area (Å²) in [7, 11) is -3.43. The van der Waals surface area contributed by atoms with Crippen LogP contribution in [0.3, 0.4) is 0 Å². The Kier molecular flexibility index (Phi) is 11.1. The Labute approximate surface area is 128 Å². The summed E-state index contributed by atoms with van der Waals surface area (Å²) in [5.74, 6) is 0. The average Bonchev–Trinajstić information content (AvgIpc) is 2.38. The van der Waals surface area contributed by atoms with E-state index in [0.29, 0.717) is 0 Å². The number of hydrogen-bond donors (Lipinski definition) is 0. The Morgan fingerprint density at radius 2 is 1.05 bits per heavy atom. The summed E-state index contributed by atoms with van der Waals surface area (Å²) in [6, 6.07) is 2.31.